The Morgan fingerprint density at radius 3 is 2.10 bits per heavy atom. The second kappa shape index (κ2) is 11.8. The molecule has 0 aliphatic rings. The van der Waals surface area contributed by atoms with Gasteiger partial charge in [0.15, 0.2) is 21.2 Å². The number of hydrogen-bond acceptors (Lipinski definition) is 12. The van der Waals surface area contributed by atoms with Crippen molar-refractivity contribution in [2.45, 2.75) is 9.79 Å². The number of nitrogens with zero attached hydrogens (tertiary/aromatic N) is 3. The molecule has 17 nitrogen and oxygen atoms in total. The number of H-pyrrole nitrogens is 1. The maximum atomic E-state index is 12.8. The Morgan fingerprint density at radius 2 is 1.56 bits per heavy atom. The van der Waals surface area contributed by atoms with E-state index in [9.17, 15) is 45.1 Å². The molecule has 1 heterocycles. The van der Waals surface area contributed by atoms with E-state index < -0.39 is 86.9 Å². The van der Waals surface area contributed by atoms with Gasteiger partial charge in [-0.05, 0) is 36.4 Å². The molecule has 39 heavy (non-hydrogen) atoms. The number of nitrogens with one attached hydrogen (secondary N) is 1. The van der Waals surface area contributed by atoms with Crippen LogP contribution in [0.15, 0.2) is 67.3 Å². The van der Waals surface area contributed by atoms with E-state index in [2.05, 4.69) is 19.5 Å². The average molecular weight is 655 g/mol. The summed E-state index contributed by atoms with van der Waals surface area (Å²) in [5.41, 5.74) is -3.36. The van der Waals surface area contributed by atoms with Crippen molar-refractivity contribution in [3.63, 3.8) is 0 Å². The van der Waals surface area contributed by atoms with Crippen LogP contribution in [-0.2, 0) is 51.6 Å². The summed E-state index contributed by atoms with van der Waals surface area (Å²) in [6.45, 7) is -0.937. The number of carboxylic acids is 1. The van der Waals surface area contributed by atoms with Crippen molar-refractivity contribution in [2.24, 2.45) is 10.2 Å². The van der Waals surface area contributed by atoms with Crippen LogP contribution >= 0.6 is 0 Å². The van der Waals surface area contributed by atoms with E-state index >= 15 is 0 Å². The fraction of sp³-hybridized carbons (Fsp3) is 0.111. The van der Waals surface area contributed by atoms with Gasteiger partial charge in [0, 0.05) is 0 Å². The molecule has 21 heteroatoms. The zero-order chi connectivity index (χ0) is 28.5. The van der Waals surface area contributed by atoms with Gasteiger partial charge in [-0.3, -0.25) is 19.0 Å². The maximum Gasteiger partial charge on any atom is 2.00 e. The van der Waals surface area contributed by atoms with Crippen LogP contribution in [0.2, 0.25) is 0 Å². The SMILES string of the molecule is O=C(O)c1[nH]n(-c2ccc(S(=O)(=O)O)cc2)c(=O)c1N=Nc1cc(S(=O)(=O)CCOS(=O)(=O)O)ccc1[O-].[Cu+2]. The van der Waals surface area contributed by atoms with Crippen molar-refractivity contribution in [3.8, 4) is 11.4 Å². The monoisotopic (exact) mass is 654 g/mol. The van der Waals surface area contributed by atoms with Crippen LogP contribution in [0.3, 0.4) is 0 Å². The Bertz CT molecular complexity index is 1810. The smallest absolute Gasteiger partial charge is 0.871 e. The zero-order valence-corrected chi connectivity index (χ0v) is 22.1. The molecule has 0 spiro atoms. The molecule has 3 rings (SSSR count). The van der Waals surface area contributed by atoms with Gasteiger partial charge in [-0.2, -0.15) is 21.9 Å². The Kier molecular flexibility index (Phi) is 9.58. The van der Waals surface area contributed by atoms with Crippen LogP contribution < -0.4 is 10.7 Å². The van der Waals surface area contributed by atoms with E-state index in [-0.39, 0.29) is 22.8 Å². The van der Waals surface area contributed by atoms with E-state index in [0.717, 1.165) is 42.5 Å². The number of aromatic nitrogens is 2. The predicted molar refractivity (Wildman–Crippen MR) is 123 cm³/mol. The largest absolute Gasteiger partial charge is 2.00 e. The normalized spacial score (nSPS) is 12.4. The van der Waals surface area contributed by atoms with Crippen molar-refractivity contribution in [3.05, 3.63) is 58.5 Å². The van der Waals surface area contributed by atoms with Crippen molar-refractivity contribution in [2.75, 3.05) is 12.4 Å². The first-order valence-electron chi connectivity index (χ1n) is 9.73. The summed E-state index contributed by atoms with van der Waals surface area (Å²) in [7, 11) is -13.7. The van der Waals surface area contributed by atoms with Gasteiger partial charge in [-0.1, -0.05) is 11.8 Å². The Morgan fingerprint density at radius 1 is 0.974 bits per heavy atom. The first-order chi connectivity index (χ1) is 17.5. The van der Waals surface area contributed by atoms with Crippen molar-refractivity contribution in [1.82, 2.24) is 9.78 Å². The van der Waals surface area contributed by atoms with E-state index in [0.29, 0.717) is 4.68 Å². The van der Waals surface area contributed by atoms with Crippen LogP contribution in [0.1, 0.15) is 10.5 Å². The second-order valence-electron chi connectivity index (χ2n) is 7.15. The molecular weight excluding hydrogens is 640 g/mol. The second-order valence-corrected chi connectivity index (χ2v) is 11.8. The summed E-state index contributed by atoms with van der Waals surface area (Å²) in [6.07, 6.45) is 0. The summed E-state index contributed by atoms with van der Waals surface area (Å²) in [5, 5.41) is 30.8. The number of rotatable bonds is 10. The van der Waals surface area contributed by atoms with Crippen molar-refractivity contribution >= 4 is 47.7 Å². The molecule has 0 saturated heterocycles. The first kappa shape index (κ1) is 31.8. The Labute approximate surface area is 229 Å². The molecule has 0 unspecified atom stereocenters. The van der Waals surface area contributed by atoms with Gasteiger partial charge < -0.3 is 10.2 Å². The minimum absolute atomic E-state index is 0. The number of aromatic carboxylic acids is 1. The number of azo groups is 1. The molecule has 1 radical (unpaired) electrons. The molecule has 0 aliphatic heterocycles. The minimum Gasteiger partial charge on any atom is -0.871 e. The molecule has 0 atom stereocenters. The van der Waals surface area contributed by atoms with Crippen LogP contribution in [-0.4, -0.2) is 67.6 Å². The number of hydrogen-bond donors (Lipinski definition) is 4. The molecule has 2 aromatic carbocycles. The van der Waals surface area contributed by atoms with Crippen molar-refractivity contribution < 1.29 is 70.6 Å². The summed E-state index contributed by atoms with van der Waals surface area (Å²) >= 11 is 0. The fourth-order valence-corrected chi connectivity index (χ4v) is 4.84. The summed E-state index contributed by atoms with van der Waals surface area (Å²) < 4.78 is 90.5. The number of carboxylic acid groups (broad SMARTS) is 1. The molecule has 0 saturated carbocycles. The molecule has 0 amide bonds. The molecule has 213 valence electrons. The quantitative estimate of drug-likeness (QED) is 0.129. The topological polar surface area (TPSA) is 275 Å². The summed E-state index contributed by atoms with van der Waals surface area (Å²) in [4.78, 5) is 23.4. The third-order valence-electron chi connectivity index (χ3n) is 4.60. The van der Waals surface area contributed by atoms with Gasteiger partial charge in [0.25, 0.3) is 15.7 Å². The van der Waals surface area contributed by atoms with E-state index in [4.69, 9.17) is 9.11 Å². The van der Waals surface area contributed by atoms with Gasteiger partial charge >= 0.3 is 33.4 Å². The number of aromatic amines is 1. The van der Waals surface area contributed by atoms with Crippen LogP contribution in [0, 0.1) is 0 Å². The summed E-state index contributed by atoms with van der Waals surface area (Å²) in [6, 6.07) is 6.44. The number of sulfone groups is 1. The molecular formula is C18H15CuN4O13S3+. The molecule has 0 fully saturated rings. The summed E-state index contributed by atoms with van der Waals surface area (Å²) in [5.74, 6) is -3.44. The van der Waals surface area contributed by atoms with Crippen LogP contribution in [0.4, 0.5) is 11.4 Å². The van der Waals surface area contributed by atoms with Gasteiger partial charge in [-0.25, -0.2) is 22.1 Å². The molecule has 0 aliphatic carbocycles. The molecule has 4 N–H and O–H groups in total. The molecule has 1 aromatic heterocycles. The Balaban J connectivity index is 0.00000533. The van der Waals surface area contributed by atoms with Gasteiger partial charge in [0.1, 0.15) is 0 Å². The van der Waals surface area contributed by atoms with Gasteiger partial charge in [0.2, 0.25) is 0 Å². The minimum atomic E-state index is -4.89. The zero-order valence-electron chi connectivity index (χ0n) is 18.7. The third-order valence-corrected chi connectivity index (χ3v) is 7.61. The standard InChI is InChI=1S/C18H16N4O13S3.Cu/c23-14-6-5-12(36(27,28)8-7-35-38(32,33)34)9-13(14)19-20-15-16(18(25)26)21-22(17(15)24)10-1-3-11(4-2-10)37(29,30)31;/h1-6,9,21,23H,7-8H2,(H,25,26)(H,29,30,31)(H,32,33,34);/q;+2/p-1. The fourth-order valence-electron chi connectivity index (χ4n) is 2.86. The van der Waals surface area contributed by atoms with E-state index in [1.807, 2.05) is 0 Å². The van der Waals surface area contributed by atoms with Gasteiger partial charge in [0.05, 0.1) is 33.5 Å². The van der Waals surface area contributed by atoms with Crippen LogP contribution in [0.5, 0.6) is 5.75 Å². The van der Waals surface area contributed by atoms with Crippen molar-refractivity contribution in [1.29, 1.82) is 0 Å². The maximum absolute atomic E-state index is 12.8. The molecule has 0 bridgehead atoms. The molecule has 3 aromatic rings. The predicted octanol–water partition coefficient (Wildman–Crippen LogP) is 0.190. The van der Waals surface area contributed by atoms with E-state index in [1.54, 1.807) is 0 Å². The third kappa shape index (κ3) is 7.80. The first-order valence-corrected chi connectivity index (χ1v) is 14.2. The number of benzene rings is 2. The van der Waals surface area contributed by atoms with Gasteiger partial charge in [-0.15, -0.1) is 5.11 Å². The van der Waals surface area contributed by atoms with Crippen LogP contribution in [0.25, 0.3) is 5.69 Å². The van der Waals surface area contributed by atoms with E-state index in [1.165, 1.54) is 0 Å². The average Bonchev–Trinajstić information content (AvgIpc) is 3.13. The number of carbonyl (C=O) groups is 1. The Hall–Kier alpha value is -3.43.